The summed E-state index contributed by atoms with van der Waals surface area (Å²) >= 11 is 11.6. The van der Waals surface area contributed by atoms with E-state index in [0.29, 0.717) is 11.3 Å². The first-order valence-electron chi connectivity index (χ1n) is 4.71. The van der Waals surface area contributed by atoms with Gasteiger partial charge in [0.15, 0.2) is 5.15 Å². The van der Waals surface area contributed by atoms with Crippen molar-refractivity contribution in [2.24, 2.45) is 0 Å². The minimum atomic E-state index is -0.595. The molecule has 1 amide bonds. The predicted molar refractivity (Wildman–Crippen MR) is 65.7 cm³/mol. The number of nitrogen functional groups attached to an aromatic ring is 1. The molecule has 7 nitrogen and oxygen atoms in total. The topological polar surface area (TPSA) is 107 Å². The summed E-state index contributed by atoms with van der Waals surface area (Å²) in [6, 6.07) is 1.56. The molecule has 9 heteroatoms. The lowest BCUT2D eigenvalue weighted by molar-refractivity contribution is 0.101. The highest BCUT2D eigenvalue weighted by atomic mass is 35.5. The first-order chi connectivity index (χ1) is 8.49. The molecule has 2 aromatic heterocycles. The number of aromatic nitrogens is 3. The van der Waals surface area contributed by atoms with E-state index in [-0.39, 0.29) is 21.8 Å². The highest BCUT2D eigenvalue weighted by Gasteiger charge is 2.18. The molecule has 0 radical (unpaired) electrons. The van der Waals surface area contributed by atoms with E-state index in [1.54, 1.807) is 13.0 Å². The summed E-state index contributed by atoms with van der Waals surface area (Å²) in [6.45, 7) is 1.72. The normalized spacial score (nSPS) is 10.4. The highest BCUT2D eigenvalue weighted by Crippen LogP contribution is 2.27. The molecule has 0 atom stereocenters. The first-order valence-corrected chi connectivity index (χ1v) is 5.46. The fraction of sp³-hybridized carbons (Fsp3) is 0.111. The van der Waals surface area contributed by atoms with Crippen molar-refractivity contribution in [3.8, 4) is 0 Å². The van der Waals surface area contributed by atoms with Crippen LogP contribution in [-0.4, -0.2) is 21.2 Å². The summed E-state index contributed by atoms with van der Waals surface area (Å²) in [5, 5.41) is 9.50. The van der Waals surface area contributed by atoms with Gasteiger partial charge in [0.25, 0.3) is 5.91 Å². The van der Waals surface area contributed by atoms with Crippen molar-refractivity contribution in [1.82, 2.24) is 15.3 Å². The lowest BCUT2D eigenvalue weighted by atomic mass is 10.2. The fourth-order valence-corrected chi connectivity index (χ4v) is 1.85. The lowest BCUT2D eigenvalue weighted by Crippen LogP contribution is -2.15. The van der Waals surface area contributed by atoms with Crippen LogP contribution in [-0.2, 0) is 0 Å². The van der Waals surface area contributed by atoms with Crippen LogP contribution in [0.25, 0.3) is 0 Å². The number of nitrogens with zero attached hydrogens (tertiary/aromatic N) is 3. The van der Waals surface area contributed by atoms with Gasteiger partial charge in [0.05, 0.1) is 5.69 Å². The second-order valence-electron chi connectivity index (χ2n) is 3.38. The van der Waals surface area contributed by atoms with Gasteiger partial charge in [-0.25, -0.2) is 9.61 Å². The van der Waals surface area contributed by atoms with E-state index in [2.05, 4.69) is 25.2 Å². The summed E-state index contributed by atoms with van der Waals surface area (Å²) in [7, 11) is 0. The largest absolute Gasteiger partial charge is 0.379 e. The lowest BCUT2D eigenvalue weighted by Gasteiger charge is -2.08. The summed E-state index contributed by atoms with van der Waals surface area (Å²) in [6.07, 6.45) is 0. The molecule has 0 aliphatic rings. The van der Waals surface area contributed by atoms with Crippen LogP contribution in [0.5, 0.6) is 0 Å². The van der Waals surface area contributed by atoms with Crippen molar-refractivity contribution in [3.63, 3.8) is 0 Å². The van der Waals surface area contributed by atoms with E-state index >= 15 is 0 Å². The van der Waals surface area contributed by atoms with E-state index in [9.17, 15) is 4.79 Å². The molecule has 2 aromatic rings. The number of halogens is 2. The Bertz CT molecular complexity index is 590. The van der Waals surface area contributed by atoms with Crippen LogP contribution >= 0.6 is 23.2 Å². The number of anilines is 2. The Morgan fingerprint density at radius 2 is 2.17 bits per heavy atom. The van der Waals surface area contributed by atoms with Gasteiger partial charge >= 0.3 is 0 Å². The minimum absolute atomic E-state index is 0.0726. The number of hydrogen-bond acceptors (Lipinski definition) is 6. The standard InChI is InChI=1S/C9H7Cl2N5O2/c1-3-2-4(10)13-7(11)5(3)14-9(17)6-8(12)16-18-15-6/h2H,1H3,(H2,12,16)(H,14,17). The van der Waals surface area contributed by atoms with E-state index in [1.807, 2.05) is 0 Å². The Balaban J connectivity index is 2.31. The Hall–Kier alpha value is -1.86. The maximum absolute atomic E-state index is 11.8. The Labute approximate surface area is 111 Å². The van der Waals surface area contributed by atoms with Gasteiger partial charge < -0.3 is 11.1 Å². The Kier molecular flexibility index (Phi) is 3.35. The van der Waals surface area contributed by atoms with Gasteiger partial charge in [-0.2, -0.15) is 0 Å². The van der Waals surface area contributed by atoms with Crippen LogP contribution in [0.3, 0.4) is 0 Å². The molecule has 0 aliphatic heterocycles. The van der Waals surface area contributed by atoms with Gasteiger partial charge in [-0.1, -0.05) is 23.2 Å². The molecule has 0 spiro atoms. The van der Waals surface area contributed by atoms with Gasteiger partial charge in [0.2, 0.25) is 11.5 Å². The molecule has 0 aromatic carbocycles. The van der Waals surface area contributed by atoms with Gasteiger partial charge in [0.1, 0.15) is 5.15 Å². The molecule has 18 heavy (non-hydrogen) atoms. The molecule has 2 heterocycles. The van der Waals surface area contributed by atoms with E-state index in [0.717, 1.165) is 0 Å². The molecule has 0 unspecified atom stereocenters. The third kappa shape index (κ3) is 2.36. The van der Waals surface area contributed by atoms with Crippen LogP contribution in [0.2, 0.25) is 10.3 Å². The summed E-state index contributed by atoms with van der Waals surface area (Å²) < 4.78 is 4.33. The zero-order chi connectivity index (χ0) is 13.3. The van der Waals surface area contributed by atoms with Gasteiger partial charge in [-0.15, -0.1) is 0 Å². The van der Waals surface area contributed by atoms with E-state index in [1.165, 1.54) is 0 Å². The van der Waals surface area contributed by atoms with Crippen LogP contribution in [0.4, 0.5) is 11.5 Å². The van der Waals surface area contributed by atoms with Crippen molar-refractivity contribution < 1.29 is 9.42 Å². The van der Waals surface area contributed by atoms with Crippen LogP contribution in [0, 0.1) is 6.92 Å². The Morgan fingerprint density at radius 3 is 2.72 bits per heavy atom. The summed E-state index contributed by atoms with van der Waals surface area (Å²) in [5.74, 6) is -0.703. The number of pyridine rings is 1. The quantitative estimate of drug-likeness (QED) is 0.817. The third-order valence-corrected chi connectivity index (χ3v) is 2.58. The second-order valence-corrected chi connectivity index (χ2v) is 4.13. The van der Waals surface area contributed by atoms with Crippen molar-refractivity contribution in [2.45, 2.75) is 6.92 Å². The van der Waals surface area contributed by atoms with Crippen molar-refractivity contribution in [1.29, 1.82) is 0 Å². The average molecular weight is 288 g/mol. The van der Waals surface area contributed by atoms with Crippen molar-refractivity contribution in [2.75, 3.05) is 11.1 Å². The van der Waals surface area contributed by atoms with Crippen LogP contribution in [0.15, 0.2) is 10.7 Å². The fourth-order valence-electron chi connectivity index (χ4n) is 1.27. The average Bonchev–Trinajstić information content (AvgIpc) is 2.69. The van der Waals surface area contributed by atoms with Gasteiger partial charge in [-0.3, -0.25) is 4.79 Å². The molecule has 0 saturated heterocycles. The summed E-state index contributed by atoms with van der Waals surface area (Å²) in [4.78, 5) is 15.6. The van der Waals surface area contributed by atoms with Crippen LogP contribution in [0.1, 0.15) is 16.1 Å². The highest BCUT2D eigenvalue weighted by molar-refractivity contribution is 6.35. The maximum atomic E-state index is 11.8. The van der Waals surface area contributed by atoms with Crippen molar-refractivity contribution in [3.05, 3.63) is 27.6 Å². The SMILES string of the molecule is Cc1cc(Cl)nc(Cl)c1NC(=O)c1nonc1N. The number of nitrogens with one attached hydrogen (secondary N) is 1. The molecule has 0 aliphatic carbocycles. The molecule has 0 saturated carbocycles. The molecule has 0 bridgehead atoms. The van der Waals surface area contributed by atoms with Crippen LogP contribution < -0.4 is 11.1 Å². The molecule has 94 valence electrons. The zero-order valence-electron chi connectivity index (χ0n) is 9.07. The van der Waals surface area contributed by atoms with E-state index in [4.69, 9.17) is 28.9 Å². The number of aryl methyl sites for hydroxylation is 1. The number of hydrogen-bond donors (Lipinski definition) is 2. The first kappa shape index (κ1) is 12.6. The number of carbonyl (C=O) groups excluding carboxylic acids is 1. The number of carbonyl (C=O) groups is 1. The molecular formula is C9H7Cl2N5O2. The maximum Gasteiger partial charge on any atom is 0.281 e. The van der Waals surface area contributed by atoms with Gasteiger partial charge in [0, 0.05) is 0 Å². The number of nitrogens with two attached hydrogens (primary N) is 1. The molecule has 0 fully saturated rings. The molecular weight excluding hydrogens is 281 g/mol. The monoisotopic (exact) mass is 287 g/mol. The zero-order valence-corrected chi connectivity index (χ0v) is 10.6. The smallest absolute Gasteiger partial charge is 0.281 e. The van der Waals surface area contributed by atoms with E-state index < -0.39 is 5.91 Å². The predicted octanol–water partition coefficient (Wildman–Crippen LogP) is 1.91. The summed E-state index contributed by atoms with van der Waals surface area (Å²) in [5.41, 5.74) is 6.26. The minimum Gasteiger partial charge on any atom is -0.379 e. The van der Waals surface area contributed by atoms with Gasteiger partial charge in [-0.05, 0) is 28.9 Å². The van der Waals surface area contributed by atoms with Crippen molar-refractivity contribution >= 4 is 40.6 Å². The second kappa shape index (κ2) is 4.79. The number of amides is 1. The number of rotatable bonds is 2. The molecule has 2 rings (SSSR count). The Morgan fingerprint density at radius 1 is 1.44 bits per heavy atom. The molecule has 3 N–H and O–H groups in total. The third-order valence-electron chi connectivity index (χ3n) is 2.11.